The molecule has 0 amide bonds. The summed E-state index contributed by atoms with van der Waals surface area (Å²) in [7, 11) is 14.1. The van der Waals surface area contributed by atoms with E-state index in [0.29, 0.717) is 23.7 Å². The number of anilines is 2. The first-order chi connectivity index (χ1) is 27.9. The molecule has 7 rings (SSSR count). The molecule has 3 aromatic carbocycles. The quantitative estimate of drug-likeness (QED) is 0.120. The maximum atomic E-state index is 7.06. The molecule has 4 fully saturated rings. The summed E-state index contributed by atoms with van der Waals surface area (Å²) in [5, 5.41) is -1.12. The monoisotopic (exact) mass is 934 g/mol. The molecule has 0 bridgehead atoms. The SMILES string of the molecule is CC(C)c1cccc(C(C)C)c1N1[CH-]N(c2c(C(C)C)cccc2C(C)C)CC1.[CH2-]c1ccccc1.[Cl][Ru]([Cl])=[P](C1CCCCC1)(C1CCCCC1)C1CCCCC1. The molecule has 6 heteroatoms. The van der Waals surface area contributed by atoms with Gasteiger partial charge in [0.2, 0.25) is 0 Å². The van der Waals surface area contributed by atoms with Crippen molar-refractivity contribution in [2.45, 2.75) is 192 Å². The van der Waals surface area contributed by atoms with Crippen molar-refractivity contribution < 1.29 is 13.0 Å². The van der Waals surface area contributed by atoms with Crippen LogP contribution in [0.15, 0.2) is 66.7 Å². The Labute approximate surface area is 369 Å². The van der Waals surface area contributed by atoms with Gasteiger partial charge in [0.25, 0.3) is 0 Å². The molecule has 3 saturated carbocycles. The first kappa shape index (κ1) is 47.8. The van der Waals surface area contributed by atoms with Gasteiger partial charge in [0.1, 0.15) is 0 Å². The number of para-hydroxylation sites is 2. The van der Waals surface area contributed by atoms with E-state index in [0.717, 1.165) is 35.6 Å². The Hall–Kier alpha value is -1.24. The topological polar surface area (TPSA) is 6.48 Å². The average Bonchev–Trinajstić information content (AvgIpc) is 3.72. The molecular formula is C52H79Cl2N2PRu-2. The van der Waals surface area contributed by atoms with Crippen molar-refractivity contribution in [1.82, 2.24) is 0 Å². The molecule has 2 nitrogen and oxygen atoms in total. The molecule has 0 N–H and O–H groups in total. The van der Waals surface area contributed by atoms with E-state index >= 15 is 0 Å². The summed E-state index contributed by atoms with van der Waals surface area (Å²) >= 11 is -1.63. The molecule has 0 atom stereocenters. The molecule has 1 heterocycles. The molecule has 0 aromatic heterocycles. The molecular weight excluding hydrogens is 856 g/mol. The van der Waals surface area contributed by atoms with E-state index in [4.69, 9.17) is 19.4 Å². The zero-order valence-electron chi connectivity index (χ0n) is 37.6. The van der Waals surface area contributed by atoms with E-state index in [1.54, 1.807) is 0 Å². The van der Waals surface area contributed by atoms with E-state index in [1.165, 1.54) is 130 Å². The number of halogens is 2. The van der Waals surface area contributed by atoms with Gasteiger partial charge in [-0.2, -0.15) is 31.3 Å². The average molecular weight is 935 g/mol. The van der Waals surface area contributed by atoms with Crippen LogP contribution in [0, 0.1) is 13.6 Å². The van der Waals surface area contributed by atoms with Crippen molar-refractivity contribution >= 4 is 35.9 Å². The minimum absolute atomic E-state index is 0.514. The zero-order chi connectivity index (χ0) is 41.8. The van der Waals surface area contributed by atoms with Crippen molar-refractivity contribution in [3.05, 3.63) is 108 Å². The summed E-state index contributed by atoms with van der Waals surface area (Å²) < 4.78 is 0. The number of benzene rings is 3. The van der Waals surface area contributed by atoms with Crippen LogP contribution in [0.4, 0.5) is 11.4 Å². The molecule has 0 spiro atoms. The molecule has 1 saturated heterocycles. The van der Waals surface area contributed by atoms with Crippen LogP contribution in [-0.4, -0.2) is 30.1 Å². The summed E-state index contributed by atoms with van der Waals surface area (Å²) in [6, 6.07) is 23.6. The Morgan fingerprint density at radius 3 is 1.05 bits per heavy atom. The van der Waals surface area contributed by atoms with Crippen molar-refractivity contribution in [3.63, 3.8) is 0 Å². The van der Waals surface area contributed by atoms with Gasteiger partial charge in [-0.3, -0.25) is 0 Å². The molecule has 58 heavy (non-hydrogen) atoms. The fraction of sp³-hybridized carbons (Fsp3) is 0.615. The molecule has 0 radical (unpaired) electrons. The molecule has 0 unspecified atom stereocenters. The van der Waals surface area contributed by atoms with E-state index in [-0.39, 0.29) is 0 Å². The molecule has 326 valence electrons. The van der Waals surface area contributed by atoms with Crippen LogP contribution in [0.1, 0.15) is 203 Å². The van der Waals surface area contributed by atoms with Crippen LogP contribution in [-0.2, 0) is 13.0 Å². The Balaban J connectivity index is 0.000000194. The van der Waals surface area contributed by atoms with Crippen LogP contribution in [0.5, 0.6) is 0 Å². The standard InChI is InChI=1S/C27H39N2.C18H33P.C7H7.2ClH.Ru/c1-18(2)22-11-9-12-23(19(3)4)26(22)28-15-16-29(17-28)27-24(20(5)6)13-10-14-25(27)21(7)8;1-4-10-16(11-5-1)19(17-12-6-2-7-13-17)18-14-8-3-9-15-18;1-7-5-3-2-4-6-7;;;/h9-14,17-21H,15-16H2,1-8H3;16-18H,1-15H2;2-6H,1H2;2*1H;/q-1;;-1;;;+2/p-2. The van der Waals surface area contributed by atoms with Gasteiger partial charge < -0.3 is 9.80 Å². The van der Waals surface area contributed by atoms with E-state index < -0.39 is 18.1 Å². The predicted octanol–water partition coefficient (Wildman–Crippen LogP) is 17.3. The molecule has 3 aliphatic carbocycles. The third-order valence-electron chi connectivity index (χ3n) is 13.5. The van der Waals surface area contributed by atoms with E-state index in [9.17, 15) is 0 Å². The van der Waals surface area contributed by atoms with Crippen molar-refractivity contribution in [1.29, 1.82) is 0 Å². The summed E-state index contributed by atoms with van der Waals surface area (Å²) in [6.45, 7) is 26.6. The number of rotatable bonds is 9. The van der Waals surface area contributed by atoms with Crippen molar-refractivity contribution in [3.8, 4) is 0 Å². The Kier molecular flexibility index (Phi) is 19.2. The van der Waals surface area contributed by atoms with Crippen LogP contribution in [0.2, 0.25) is 0 Å². The van der Waals surface area contributed by atoms with Crippen LogP contribution in [0.25, 0.3) is 0 Å². The van der Waals surface area contributed by atoms with Gasteiger partial charge in [0.15, 0.2) is 0 Å². The third kappa shape index (κ3) is 11.8. The molecule has 3 aromatic rings. The Bertz CT molecular complexity index is 1560. The Morgan fingerprint density at radius 2 is 0.810 bits per heavy atom. The minimum atomic E-state index is -1.63. The van der Waals surface area contributed by atoms with Gasteiger partial charge in [-0.25, -0.2) is 0 Å². The van der Waals surface area contributed by atoms with Crippen molar-refractivity contribution in [2.24, 2.45) is 0 Å². The normalized spacial score (nSPS) is 19.0. The van der Waals surface area contributed by atoms with Crippen LogP contribution in [0.3, 0.4) is 0 Å². The van der Waals surface area contributed by atoms with Gasteiger partial charge in [-0.05, 0) is 45.9 Å². The first-order valence-corrected chi connectivity index (χ1v) is 31.9. The maximum absolute atomic E-state index is 7.06. The Morgan fingerprint density at radius 1 is 0.500 bits per heavy atom. The summed E-state index contributed by atoms with van der Waals surface area (Å²) in [6.07, 6.45) is 22.0. The van der Waals surface area contributed by atoms with Crippen molar-refractivity contribution in [2.75, 3.05) is 22.9 Å². The predicted molar refractivity (Wildman–Crippen MR) is 258 cm³/mol. The van der Waals surface area contributed by atoms with Gasteiger partial charge >= 0.3 is 151 Å². The van der Waals surface area contributed by atoms with Gasteiger partial charge in [0.05, 0.1) is 0 Å². The number of hydrogen-bond acceptors (Lipinski definition) is 2. The molecule has 1 aliphatic heterocycles. The number of nitrogens with zero attached hydrogens (tertiary/aromatic N) is 2. The third-order valence-corrected chi connectivity index (χ3v) is 34.9. The van der Waals surface area contributed by atoms with Crippen LogP contribution < -0.4 is 9.80 Å². The second-order valence-corrected chi connectivity index (χ2v) is 35.5. The summed E-state index contributed by atoms with van der Waals surface area (Å²) in [4.78, 5) is 5.01. The fourth-order valence-electron chi connectivity index (χ4n) is 10.6. The summed E-state index contributed by atoms with van der Waals surface area (Å²) in [5.74, 6) is 2.06. The second-order valence-electron chi connectivity index (χ2n) is 18.9. The van der Waals surface area contributed by atoms with Gasteiger partial charge in [-0.1, -0.05) is 97.9 Å². The first-order valence-electron chi connectivity index (χ1n) is 23.3. The zero-order valence-corrected chi connectivity index (χ0v) is 41.8. The number of hydrogen-bond donors (Lipinski definition) is 0. The van der Waals surface area contributed by atoms with E-state index in [1.807, 2.05) is 30.3 Å². The van der Waals surface area contributed by atoms with Crippen LogP contribution >= 0.6 is 24.5 Å². The van der Waals surface area contributed by atoms with Gasteiger partial charge in [-0.15, -0.1) is 12.1 Å². The second kappa shape index (κ2) is 23.3. The van der Waals surface area contributed by atoms with Gasteiger partial charge in [0, 0.05) is 24.5 Å². The fourth-order valence-corrected chi connectivity index (χ4v) is 35.2. The van der Waals surface area contributed by atoms with E-state index in [2.05, 4.69) is 115 Å². The summed E-state index contributed by atoms with van der Waals surface area (Å²) in [5.41, 5.74) is 12.7. The molecule has 4 aliphatic rings.